The molecule has 3 aromatic rings. The second-order valence-corrected chi connectivity index (χ2v) is 9.46. The van der Waals surface area contributed by atoms with Crippen molar-refractivity contribution in [2.24, 2.45) is 0 Å². The van der Waals surface area contributed by atoms with Gasteiger partial charge in [-0.05, 0) is 43.2 Å². The van der Waals surface area contributed by atoms with E-state index in [4.69, 9.17) is 14.5 Å². The number of anilines is 1. The number of aromatic nitrogens is 2. The number of nitrogens with zero attached hydrogens (tertiary/aromatic N) is 4. The van der Waals surface area contributed by atoms with Gasteiger partial charge in [0.1, 0.15) is 11.6 Å². The van der Waals surface area contributed by atoms with Crippen molar-refractivity contribution >= 4 is 28.4 Å². The SMILES string of the molecule is O=C([C@H]1CN(C(=O)c2ccc3c(=O)n4c(nc3c2)CCCCC4)c2ccccc2O1)N1CCOCC1. The minimum atomic E-state index is -0.805. The second-order valence-electron chi connectivity index (χ2n) is 9.46. The molecule has 9 heteroatoms. The fourth-order valence-electron chi connectivity index (χ4n) is 5.25. The van der Waals surface area contributed by atoms with Crippen LogP contribution in [-0.4, -0.2) is 65.2 Å². The van der Waals surface area contributed by atoms with Gasteiger partial charge in [0.05, 0.1) is 36.3 Å². The molecule has 0 bridgehead atoms. The summed E-state index contributed by atoms with van der Waals surface area (Å²) in [4.78, 5) is 48.2. The summed E-state index contributed by atoms with van der Waals surface area (Å²) in [7, 11) is 0. The third-order valence-electron chi connectivity index (χ3n) is 7.18. The first-order valence-corrected chi connectivity index (χ1v) is 12.6. The highest BCUT2D eigenvalue weighted by Crippen LogP contribution is 2.35. The lowest BCUT2D eigenvalue weighted by Crippen LogP contribution is -2.54. The van der Waals surface area contributed by atoms with Crippen LogP contribution in [0.1, 0.15) is 35.4 Å². The lowest BCUT2D eigenvalue weighted by atomic mass is 10.1. The second kappa shape index (κ2) is 9.39. The molecule has 1 aromatic heterocycles. The fraction of sp³-hybridized carbons (Fsp3) is 0.407. The van der Waals surface area contributed by atoms with Crippen molar-refractivity contribution in [3.05, 3.63) is 64.2 Å². The highest BCUT2D eigenvalue weighted by Gasteiger charge is 2.36. The van der Waals surface area contributed by atoms with Crippen molar-refractivity contribution in [1.82, 2.24) is 14.5 Å². The molecule has 3 aliphatic heterocycles. The number of amides is 2. The number of ether oxygens (including phenoxy) is 2. The van der Waals surface area contributed by atoms with Gasteiger partial charge >= 0.3 is 0 Å². The van der Waals surface area contributed by atoms with Crippen LogP contribution in [0.5, 0.6) is 5.75 Å². The molecule has 1 saturated heterocycles. The van der Waals surface area contributed by atoms with Crippen LogP contribution in [-0.2, 0) is 22.5 Å². The Morgan fingerprint density at radius 2 is 1.81 bits per heavy atom. The highest BCUT2D eigenvalue weighted by atomic mass is 16.5. The maximum atomic E-state index is 13.8. The summed E-state index contributed by atoms with van der Waals surface area (Å²) < 4.78 is 13.2. The Kier molecular flexibility index (Phi) is 5.92. The predicted molar refractivity (Wildman–Crippen MR) is 133 cm³/mol. The molecular weight excluding hydrogens is 460 g/mol. The Morgan fingerprint density at radius 3 is 2.67 bits per heavy atom. The summed E-state index contributed by atoms with van der Waals surface area (Å²) in [6, 6.07) is 12.3. The van der Waals surface area contributed by atoms with E-state index in [9.17, 15) is 14.4 Å². The molecule has 9 nitrogen and oxygen atoms in total. The molecule has 1 atom stereocenters. The summed E-state index contributed by atoms with van der Waals surface area (Å²) in [6.07, 6.45) is 2.99. The van der Waals surface area contributed by atoms with Gasteiger partial charge in [-0.25, -0.2) is 4.98 Å². The van der Waals surface area contributed by atoms with E-state index < -0.39 is 6.10 Å². The number of hydrogen-bond acceptors (Lipinski definition) is 6. The molecule has 0 spiro atoms. The Morgan fingerprint density at radius 1 is 0.972 bits per heavy atom. The number of benzene rings is 2. The van der Waals surface area contributed by atoms with Crippen molar-refractivity contribution in [2.45, 2.75) is 38.3 Å². The Balaban J connectivity index is 1.34. The number of hydrogen-bond donors (Lipinski definition) is 0. The van der Waals surface area contributed by atoms with Gasteiger partial charge < -0.3 is 19.3 Å². The van der Waals surface area contributed by atoms with Gasteiger partial charge in [0, 0.05) is 31.6 Å². The average Bonchev–Trinajstić information content (AvgIpc) is 3.17. The van der Waals surface area contributed by atoms with Gasteiger partial charge in [0.25, 0.3) is 17.4 Å². The van der Waals surface area contributed by atoms with E-state index in [1.54, 1.807) is 38.6 Å². The number of aryl methyl sites for hydroxylation is 1. The Hall–Kier alpha value is -3.72. The van der Waals surface area contributed by atoms with E-state index >= 15 is 0 Å². The largest absolute Gasteiger partial charge is 0.476 e. The zero-order valence-electron chi connectivity index (χ0n) is 20.0. The summed E-state index contributed by atoms with van der Waals surface area (Å²) in [5.41, 5.74) is 1.51. The molecule has 0 radical (unpaired) electrons. The number of carbonyl (C=O) groups excluding carboxylic acids is 2. The quantitative estimate of drug-likeness (QED) is 0.550. The number of rotatable bonds is 2. The third kappa shape index (κ3) is 4.03. The molecule has 0 aliphatic carbocycles. The van der Waals surface area contributed by atoms with Crippen molar-refractivity contribution in [2.75, 3.05) is 37.7 Å². The normalized spacial score (nSPS) is 19.7. The summed E-state index contributed by atoms with van der Waals surface area (Å²) in [6.45, 7) is 2.77. The van der Waals surface area contributed by atoms with Crippen molar-refractivity contribution in [3.8, 4) is 5.75 Å². The Labute approximate surface area is 208 Å². The van der Waals surface area contributed by atoms with Crippen LogP contribution in [0.4, 0.5) is 5.69 Å². The zero-order valence-corrected chi connectivity index (χ0v) is 20.0. The highest BCUT2D eigenvalue weighted by molar-refractivity contribution is 6.09. The van der Waals surface area contributed by atoms with Gasteiger partial charge in [-0.15, -0.1) is 0 Å². The summed E-state index contributed by atoms with van der Waals surface area (Å²) in [5, 5.41) is 0.514. The first-order chi connectivity index (χ1) is 17.6. The molecule has 0 N–H and O–H groups in total. The predicted octanol–water partition coefficient (Wildman–Crippen LogP) is 2.39. The molecule has 0 unspecified atom stereocenters. The Bertz CT molecular complexity index is 1390. The smallest absolute Gasteiger partial charge is 0.265 e. The van der Waals surface area contributed by atoms with Gasteiger partial charge in [0.2, 0.25) is 0 Å². The van der Waals surface area contributed by atoms with E-state index in [0.29, 0.717) is 60.8 Å². The standard InChI is InChI=1S/C27H28N4O5/c32-25(18-9-10-19-20(16-18)28-24-8-2-1-5-11-30(24)26(19)33)31-17-23(27(34)29-12-14-35-15-13-29)36-22-7-4-3-6-21(22)31/h3-4,6-7,9-10,16,23H,1-2,5,8,11-15,17H2/t23-/m1/s1. The van der Waals surface area contributed by atoms with E-state index in [0.717, 1.165) is 31.5 Å². The molecule has 36 heavy (non-hydrogen) atoms. The summed E-state index contributed by atoms with van der Waals surface area (Å²) in [5.74, 6) is 0.861. The van der Waals surface area contributed by atoms with Crippen LogP contribution < -0.4 is 15.2 Å². The topological polar surface area (TPSA) is 94.0 Å². The van der Waals surface area contributed by atoms with E-state index in [1.165, 1.54) is 0 Å². The maximum absolute atomic E-state index is 13.8. The first kappa shape index (κ1) is 22.7. The molecule has 186 valence electrons. The van der Waals surface area contributed by atoms with Crippen LogP contribution in [0.15, 0.2) is 47.3 Å². The zero-order chi connectivity index (χ0) is 24.6. The van der Waals surface area contributed by atoms with Crippen LogP contribution in [0.3, 0.4) is 0 Å². The van der Waals surface area contributed by atoms with Crippen LogP contribution in [0, 0.1) is 0 Å². The van der Waals surface area contributed by atoms with Gasteiger partial charge in [-0.2, -0.15) is 0 Å². The molecule has 2 aromatic carbocycles. The minimum Gasteiger partial charge on any atom is -0.476 e. The third-order valence-corrected chi connectivity index (χ3v) is 7.18. The first-order valence-electron chi connectivity index (χ1n) is 12.6. The van der Waals surface area contributed by atoms with Crippen molar-refractivity contribution < 1.29 is 19.1 Å². The number of fused-ring (bicyclic) bond motifs is 3. The molecule has 1 fully saturated rings. The van der Waals surface area contributed by atoms with Gasteiger partial charge in [-0.3, -0.25) is 19.0 Å². The lowest BCUT2D eigenvalue weighted by Gasteiger charge is -2.37. The van der Waals surface area contributed by atoms with Crippen LogP contribution in [0.25, 0.3) is 10.9 Å². The number of para-hydroxylation sites is 2. The van der Waals surface area contributed by atoms with E-state index in [2.05, 4.69) is 0 Å². The van der Waals surface area contributed by atoms with Gasteiger partial charge in [0.15, 0.2) is 6.10 Å². The molecule has 0 saturated carbocycles. The minimum absolute atomic E-state index is 0.0520. The number of carbonyl (C=O) groups is 2. The lowest BCUT2D eigenvalue weighted by molar-refractivity contribution is -0.142. The van der Waals surface area contributed by atoms with Crippen LogP contribution in [0.2, 0.25) is 0 Å². The average molecular weight is 489 g/mol. The molecule has 4 heterocycles. The molecular formula is C27H28N4O5. The van der Waals surface area contributed by atoms with Crippen molar-refractivity contribution in [1.29, 1.82) is 0 Å². The molecule has 3 aliphatic rings. The van der Waals surface area contributed by atoms with Gasteiger partial charge in [-0.1, -0.05) is 18.6 Å². The molecule has 6 rings (SSSR count). The monoisotopic (exact) mass is 488 g/mol. The van der Waals surface area contributed by atoms with Crippen molar-refractivity contribution in [3.63, 3.8) is 0 Å². The summed E-state index contributed by atoms with van der Waals surface area (Å²) >= 11 is 0. The maximum Gasteiger partial charge on any atom is 0.265 e. The van der Waals surface area contributed by atoms with E-state index in [1.807, 2.05) is 18.2 Å². The number of morpholine rings is 1. The van der Waals surface area contributed by atoms with E-state index in [-0.39, 0.29) is 23.9 Å². The molecule has 2 amide bonds. The fourth-order valence-corrected chi connectivity index (χ4v) is 5.25. The van der Waals surface area contributed by atoms with Crippen LogP contribution >= 0.6 is 0 Å².